The van der Waals surface area contributed by atoms with Crippen LogP contribution >= 0.6 is 0 Å². The number of rotatable bonds is 8. The van der Waals surface area contributed by atoms with E-state index in [2.05, 4.69) is 0 Å². The number of carbonyl (C=O) groups is 2. The molecule has 1 N–H and O–H groups in total. The highest BCUT2D eigenvalue weighted by atomic mass is 19.2. The zero-order valence-corrected chi connectivity index (χ0v) is 14.5. The first-order valence-electron chi connectivity index (χ1n) is 8.35. The Morgan fingerprint density at radius 1 is 1.04 bits per heavy atom. The van der Waals surface area contributed by atoms with Crippen molar-refractivity contribution in [3.63, 3.8) is 0 Å². The van der Waals surface area contributed by atoms with Crippen molar-refractivity contribution in [1.29, 1.82) is 0 Å². The number of benzene rings is 2. The highest BCUT2D eigenvalue weighted by molar-refractivity contribution is 5.77. The lowest BCUT2D eigenvalue weighted by Crippen LogP contribution is -2.32. The number of aliphatic carboxylic acids is 1. The molecule has 0 atom stereocenters. The van der Waals surface area contributed by atoms with Gasteiger partial charge in [-0.1, -0.05) is 30.3 Å². The highest BCUT2D eigenvalue weighted by Crippen LogP contribution is 2.14. The minimum absolute atomic E-state index is 0.0148. The van der Waals surface area contributed by atoms with Gasteiger partial charge >= 0.3 is 5.97 Å². The predicted molar refractivity (Wildman–Crippen MR) is 93.5 cm³/mol. The summed E-state index contributed by atoms with van der Waals surface area (Å²) < 4.78 is 26.4. The fourth-order valence-corrected chi connectivity index (χ4v) is 2.67. The van der Waals surface area contributed by atoms with E-state index in [0.29, 0.717) is 12.0 Å². The summed E-state index contributed by atoms with van der Waals surface area (Å²) in [6, 6.07) is 11.1. The van der Waals surface area contributed by atoms with E-state index in [1.54, 1.807) is 0 Å². The van der Waals surface area contributed by atoms with Crippen molar-refractivity contribution in [3.8, 4) is 0 Å². The van der Waals surface area contributed by atoms with E-state index in [4.69, 9.17) is 5.11 Å². The third-order valence-electron chi connectivity index (χ3n) is 4.18. The van der Waals surface area contributed by atoms with Crippen molar-refractivity contribution >= 4 is 11.9 Å². The molecule has 26 heavy (non-hydrogen) atoms. The SMILES string of the molecule is Cc1ccccc1CCC(=O)N(CCC(=O)O)Cc1ccc(F)c(F)c1. The van der Waals surface area contributed by atoms with E-state index in [0.717, 1.165) is 23.3 Å². The Bertz CT molecular complexity index is 792. The van der Waals surface area contributed by atoms with Crippen molar-refractivity contribution in [3.05, 3.63) is 70.8 Å². The molecular weight excluding hydrogens is 340 g/mol. The molecule has 0 unspecified atom stereocenters. The topological polar surface area (TPSA) is 57.6 Å². The van der Waals surface area contributed by atoms with E-state index in [1.165, 1.54) is 11.0 Å². The van der Waals surface area contributed by atoms with Crippen LogP contribution in [0.4, 0.5) is 8.78 Å². The molecule has 0 aliphatic heterocycles. The first-order valence-corrected chi connectivity index (χ1v) is 8.35. The van der Waals surface area contributed by atoms with Crippen molar-refractivity contribution in [2.75, 3.05) is 6.54 Å². The number of halogens is 2. The number of carboxylic acids is 1. The van der Waals surface area contributed by atoms with Crippen LogP contribution in [-0.4, -0.2) is 28.4 Å². The smallest absolute Gasteiger partial charge is 0.305 e. The first kappa shape index (κ1) is 19.6. The van der Waals surface area contributed by atoms with Crippen LogP contribution in [0.2, 0.25) is 0 Å². The second-order valence-corrected chi connectivity index (χ2v) is 6.13. The number of carboxylic acid groups (broad SMARTS) is 1. The Kier molecular flexibility index (Phi) is 6.83. The van der Waals surface area contributed by atoms with E-state index in [-0.39, 0.29) is 31.8 Å². The van der Waals surface area contributed by atoms with Crippen molar-refractivity contribution in [2.24, 2.45) is 0 Å². The van der Waals surface area contributed by atoms with E-state index in [1.807, 2.05) is 31.2 Å². The summed E-state index contributed by atoms with van der Waals surface area (Å²) in [4.78, 5) is 24.8. The molecule has 4 nitrogen and oxygen atoms in total. The van der Waals surface area contributed by atoms with Crippen LogP contribution in [0.5, 0.6) is 0 Å². The lowest BCUT2D eigenvalue weighted by molar-refractivity contribution is -0.138. The molecule has 2 aromatic carbocycles. The minimum atomic E-state index is -1.02. The van der Waals surface area contributed by atoms with Crippen LogP contribution in [0.25, 0.3) is 0 Å². The molecule has 0 heterocycles. The molecule has 0 aliphatic carbocycles. The summed E-state index contributed by atoms with van der Waals surface area (Å²) in [7, 11) is 0. The maximum absolute atomic E-state index is 13.4. The molecule has 2 aromatic rings. The zero-order valence-electron chi connectivity index (χ0n) is 14.5. The molecule has 0 saturated heterocycles. The largest absolute Gasteiger partial charge is 0.481 e. The van der Waals surface area contributed by atoms with E-state index < -0.39 is 17.6 Å². The highest BCUT2D eigenvalue weighted by Gasteiger charge is 2.16. The second-order valence-electron chi connectivity index (χ2n) is 6.13. The van der Waals surface area contributed by atoms with Gasteiger partial charge in [-0.25, -0.2) is 8.78 Å². The van der Waals surface area contributed by atoms with Gasteiger partial charge in [0.15, 0.2) is 11.6 Å². The fraction of sp³-hybridized carbons (Fsp3) is 0.300. The number of nitrogens with zero attached hydrogens (tertiary/aromatic N) is 1. The lowest BCUT2D eigenvalue weighted by Gasteiger charge is -2.22. The maximum Gasteiger partial charge on any atom is 0.305 e. The average Bonchev–Trinajstić information content (AvgIpc) is 2.60. The molecule has 0 bridgehead atoms. The molecule has 0 aliphatic rings. The van der Waals surface area contributed by atoms with Crippen LogP contribution in [-0.2, 0) is 22.6 Å². The molecule has 2 rings (SSSR count). The summed E-state index contributed by atoms with van der Waals surface area (Å²) in [6.45, 7) is 2.02. The zero-order chi connectivity index (χ0) is 19.1. The summed E-state index contributed by atoms with van der Waals surface area (Å²) in [5.41, 5.74) is 2.54. The summed E-state index contributed by atoms with van der Waals surface area (Å²) in [5.74, 6) is -3.20. The van der Waals surface area contributed by atoms with E-state index in [9.17, 15) is 18.4 Å². The number of carbonyl (C=O) groups excluding carboxylic acids is 1. The monoisotopic (exact) mass is 361 g/mol. The fourth-order valence-electron chi connectivity index (χ4n) is 2.67. The van der Waals surface area contributed by atoms with Crippen LogP contribution in [0.1, 0.15) is 29.5 Å². The van der Waals surface area contributed by atoms with Crippen molar-refractivity contribution in [1.82, 2.24) is 4.90 Å². The molecule has 1 amide bonds. The molecule has 138 valence electrons. The number of amides is 1. The standard InChI is InChI=1S/C20H21F2NO3/c1-14-4-2-3-5-16(14)7-9-19(24)23(11-10-20(25)26)13-15-6-8-17(21)18(22)12-15/h2-6,8,12H,7,9-11,13H2,1H3,(H,25,26). The van der Waals surface area contributed by atoms with Gasteiger partial charge < -0.3 is 10.0 Å². The normalized spacial score (nSPS) is 10.6. The lowest BCUT2D eigenvalue weighted by atomic mass is 10.0. The quantitative estimate of drug-likeness (QED) is 0.780. The van der Waals surface area contributed by atoms with Crippen LogP contribution in [0, 0.1) is 18.6 Å². The van der Waals surface area contributed by atoms with Gasteiger partial charge in [-0.05, 0) is 42.2 Å². The van der Waals surface area contributed by atoms with Gasteiger partial charge in [-0.2, -0.15) is 0 Å². The molecule has 0 spiro atoms. The summed E-state index contributed by atoms with van der Waals surface area (Å²) >= 11 is 0. The van der Waals surface area contributed by atoms with Crippen LogP contribution in [0.15, 0.2) is 42.5 Å². The average molecular weight is 361 g/mol. The Morgan fingerprint density at radius 3 is 2.42 bits per heavy atom. The van der Waals surface area contributed by atoms with Crippen LogP contribution < -0.4 is 0 Å². The molecule has 0 radical (unpaired) electrons. The first-order chi connectivity index (χ1) is 12.4. The third kappa shape index (κ3) is 5.65. The predicted octanol–water partition coefficient (Wildman–Crippen LogP) is 3.71. The Balaban J connectivity index is 2.07. The number of aryl methyl sites for hydroxylation is 2. The van der Waals surface area contributed by atoms with Gasteiger partial charge in [0.1, 0.15) is 0 Å². The van der Waals surface area contributed by atoms with Gasteiger partial charge in [-0.3, -0.25) is 9.59 Å². The van der Waals surface area contributed by atoms with Gasteiger partial charge in [0.2, 0.25) is 5.91 Å². The van der Waals surface area contributed by atoms with Gasteiger partial charge in [0.05, 0.1) is 6.42 Å². The summed E-state index contributed by atoms with van der Waals surface area (Å²) in [6.07, 6.45) is 0.542. The Hall–Kier alpha value is -2.76. The third-order valence-corrected chi connectivity index (χ3v) is 4.18. The molecular formula is C20H21F2NO3. The van der Waals surface area contributed by atoms with Crippen LogP contribution in [0.3, 0.4) is 0 Å². The maximum atomic E-state index is 13.4. The van der Waals surface area contributed by atoms with Gasteiger partial charge in [-0.15, -0.1) is 0 Å². The van der Waals surface area contributed by atoms with Gasteiger partial charge in [0, 0.05) is 19.5 Å². The molecule has 0 fully saturated rings. The molecule has 6 heteroatoms. The number of hydrogen-bond acceptors (Lipinski definition) is 2. The summed E-state index contributed by atoms with van der Waals surface area (Å²) in [5, 5.41) is 8.89. The minimum Gasteiger partial charge on any atom is -0.481 e. The van der Waals surface area contributed by atoms with Crippen molar-refractivity contribution < 1.29 is 23.5 Å². The van der Waals surface area contributed by atoms with E-state index >= 15 is 0 Å². The Morgan fingerprint density at radius 2 is 1.77 bits per heavy atom. The Labute approximate surface area is 151 Å². The van der Waals surface area contributed by atoms with Crippen molar-refractivity contribution in [2.45, 2.75) is 32.7 Å². The number of hydrogen-bond donors (Lipinski definition) is 1. The second kappa shape index (κ2) is 9.08. The molecule has 0 saturated carbocycles. The van der Waals surface area contributed by atoms with Gasteiger partial charge in [0.25, 0.3) is 0 Å². The molecule has 0 aromatic heterocycles.